The summed E-state index contributed by atoms with van der Waals surface area (Å²) in [6, 6.07) is 0. The molecule has 1 rings (SSSR count). The van der Waals surface area contributed by atoms with Gasteiger partial charge in [-0.1, -0.05) is 111 Å². The third-order valence-corrected chi connectivity index (χ3v) is 24.5. The van der Waals surface area contributed by atoms with Gasteiger partial charge < -0.3 is 0 Å². The third-order valence-electron chi connectivity index (χ3n) is 6.62. The van der Waals surface area contributed by atoms with E-state index >= 15 is 8.22 Å². The van der Waals surface area contributed by atoms with Gasteiger partial charge in [-0.25, -0.2) is 8.68 Å². The third kappa shape index (κ3) is 5.07. The molecular formula is C22H52F2N4Si4. The van der Waals surface area contributed by atoms with Crippen LogP contribution in [-0.4, -0.2) is 44.1 Å². The zero-order valence-electron chi connectivity index (χ0n) is 23.8. The summed E-state index contributed by atoms with van der Waals surface area (Å²) in [6.07, 6.45) is 0. The Morgan fingerprint density at radius 3 is 0.844 bits per heavy atom. The van der Waals surface area contributed by atoms with Crippen LogP contribution in [-0.2, 0) is 0 Å². The molecule has 0 aliphatic carbocycles. The summed E-state index contributed by atoms with van der Waals surface area (Å²) in [7, 11) is -10.4. The van der Waals surface area contributed by atoms with E-state index in [1.54, 1.807) is 0 Å². The van der Waals surface area contributed by atoms with Gasteiger partial charge in [-0.2, -0.15) is 0 Å². The van der Waals surface area contributed by atoms with Crippen molar-refractivity contribution in [3.8, 4) is 0 Å². The summed E-state index contributed by atoms with van der Waals surface area (Å²) in [6.45, 7) is 33.1. The molecule has 2 N–H and O–H groups in total. The van der Waals surface area contributed by atoms with E-state index in [0.29, 0.717) is 0 Å². The van der Waals surface area contributed by atoms with E-state index in [2.05, 4.69) is 46.6 Å². The number of rotatable bonds is 4. The van der Waals surface area contributed by atoms with Crippen molar-refractivity contribution >= 4 is 35.4 Å². The summed E-state index contributed by atoms with van der Waals surface area (Å²) in [5.41, 5.74) is 0.410. The molecule has 0 aromatic heterocycles. The maximum absolute atomic E-state index is 17.5. The van der Waals surface area contributed by atoms with Crippen LogP contribution >= 0.6 is 0 Å². The van der Waals surface area contributed by atoms with Crippen LogP contribution in [0.1, 0.15) is 111 Å². The molecule has 0 aromatic carbocycles. The first-order chi connectivity index (χ1) is 13.9. The van der Waals surface area contributed by atoms with Crippen molar-refractivity contribution in [2.75, 3.05) is 0 Å². The molecule has 0 unspecified atom stereocenters. The minimum Gasteiger partial charge on any atom is -0.291 e. The molecule has 10 heteroatoms. The number of hydrogen-bond acceptors (Lipinski definition) is 4. The Labute approximate surface area is 204 Å². The van der Waals surface area contributed by atoms with Gasteiger partial charge in [0.25, 0.3) is 18.2 Å². The molecule has 4 nitrogen and oxygen atoms in total. The molecule has 190 valence electrons. The van der Waals surface area contributed by atoms with Gasteiger partial charge in [-0.05, 0) is 31.2 Å². The molecule has 1 aliphatic rings. The van der Waals surface area contributed by atoms with Crippen LogP contribution in [0.4, 0.5) is 8.22 Å². The zero-order chi connectivity index (χ0) is 25.9. The Hall–Kier alpha value is 0.568. The topological polar surface area (TPSA) is 30.5 Å². The second kappa shape index (κ2) is 9.22. The van der Waals surface area contributed by atoms with Gasteiger partial charge in [0.2, 0.25) is 0 Å². The lowest BCUT2D eigenvalue weighted by Gasteiger charge is -2.62. The quantitative estimate of drug-likeness (QED) is 0.297. The fraction of sp³-hybridized carbons (Fsp3) is 1.00. The highest BCUT2D eigenvalue weighted by molar-refractivity contribution is 6.90. The van der Waals surface area contributed by atoms with Crippen LogP contribution in [0.5, 0.6) is 0 Å². The second-order valence-corrected chi connectivity index (χ2v) is 29.7. The number of hydrazine groups is 2. The van der Waals surface area contributed by atoms with Gasteiger partial charge in [0.1, 0.15) is 0 Å². The fourth-order valence-corrected chi connectivity index (χ4v) is 26.8. The van der Waals surface area contributed by atoms with Gasteiger partial charge in [0.05, 0.1) is 0 Å². The van der Waals surface area contributed by atoms with Crippen LogP contribution in [0, 0.1) is 0 Å². The van der Waals surface area contributed by atoms with Gasteiger partial charge >= 0.3 is 17.1 Å². The lowest BCUT2D eigenvalue weighted by molar-refractivity contribution is 0.305. The van der Waals surface area contributed by atoms with Crippen molar-refractivity contribution in [1.29, 1.82) is 0 Å². The number of nitrogens with one attached hydrogen (secondary N) is 2. The largest absolute Gasteiger partial charge is 0.339 e. The van der Waals surface area contributed by atoms with E-state index in [1.807, 2.05) is 83.1 Å². The first-order valence-electron chi connectivity index (χ1n) is 12.1. The maximum atomic E-state index is 17.5. The lowest BCUT2D eigenvalue weighted by atomic mass is 10.2. The summed E-state index contributed by atoms with van der Waals surface area (Å²) >= 11 is 0. The average Bonchev–Trinajstić information content (AvgIpc) is 2.54. The summed E-state index contributed by atoms with van der Waals surface area (Å²) in [5, 5.41) is 5.56. The second-order valence-electron chi connectivity index (χ2n) is 14.2. The Morgan fingerprint density at radius 2 is 0.719 bits per heavy atom. The SMILES string of the molecule is CC(C)[Si]1NN([Si](F)(C(C)(C)C)C(C)(C)C)[Si](C(C)C)NN1[Si](F)(C(C)(C)C)C(C)(C)C. The van der Waals surface area contributed by atoms with Gasteiger partial charge in [-0.15, -0.1) is 0 Å². The predicted molar refractivity (Wildman–Crippen MR) is 144 cm³/mol. The molecular weight excluding hydrogens is 471 g/mol. The van der Waals surface area contributed by atoms with Crippen molar-refractivity contribution in [2.45, 2.75) is 142 Å². The molecule has 0 amide bonds. The van der Waals surface area contributed by atoms with E-state index in [0.717, 1.165) is 0 Å². The first kappa shape index (κ1) is 30.6. The highest BCUT2D eigenvalue weighted by Gasteiger charge is 2.68. The van der Waals surface area contributed by atoms with Gasteiger partial charge in [0, 0.05) is 0 Å². The van der Waals surface area contributed by atoms with E-state index in [1.165, 1.54) is 0 Å². The molecule has 1 aliphatic heterocycles. The predicted octanol–water partition coefficient (Wildman–Crippen LogP) is 7.43. The Kier molecular flexibility index (Phi) is 8.81. The standard InChI is InChI=1S/C22H52F2N4Si4/c1-17(2)29-25-28(32(24,21(11,12)13)22(14,15)16)30(18(3)4)26-27(29)31(23,19(5,6)7)20(8,9)10/h17-18,25-26H,1-16H3. The van der Waals surface area contributed by atoms with Crippen molar-refractivity contribution in [3.05, 3.63) is 0 Å². The molecule has 1 heterocycles. The van der Waals surface area contributed by atoms with E-state index < -0.39 is 55.5 Å². The number of halogens is 2. The normalized spacial score (nSPS) is 20.6. The van der Waals surface area contributed by atoms with E-state index in [4.69, 9.17) is 0 Å². The van der Waals surface area contributed by atoms with Crippen LogP contribution in [0.15, 0.2) is 0 Å². The number of hydrogen-bond donors (Lipinski definition) is 2. The van der Waals surface area contributed by atoms with Crippen molar-refractivity contribution in [1.82, 2.24) is 18.9 Å². The highest BCUT2D eigenvalue weighted by Crippen LogP contribution is 2.56. The Balaban J connectivity index is 3.81. The summed E-state index contributed by atoms with van der Waals surface area (Å²) in [4.78, 5) is 0. The molecule has 0 aromatic rings. The maximum Gasteiger partial charge on any atom is 0.339 e. The zero-order valence-corrected chi connectivity index (χ0v) is 27.8. The van der Waals surface area contributed by atoms with E-state index in [-0.39, 0.29) is 11.1 Å². The van der Waals surface area contributed by atoms with Crippen LogP contribution in [0.25, 0.3) is 0 Å². The van der Waals surface area contributed by atoms with Gasteiger partial charge in [-0.3, -0.25) is 18.4 Å². The first-order valence-corrected chi connectivity index (χ1v) is 18.8. The smallest absolute Gasteiger partial charge is 0.291 e. The van der Waals surface area contributed by atoms with Crippen molar-refractivity contribution < 1.29 is 8.22 Å². The Bertz CT molecular complexity index is 564. The molecule has 2 radical (unpaired) electrons. The highest BCUT2D eigenvalue weighted by atomic mass is 28.4. The van der Waals surface area contributed by atoms with Crippen molar-refractivity contribution in [3.63, 3.8) is 0 Å². The minimum atomic E-state index is -3.55. The summed E-state index contributed by atoms with van der Waals surface area (Å²) in [5.74, 6) is 0. The van der Waals surface area contributed by atoms with Crippen LogP contribution < -0.4 is 10.2 Å². The summed E-state index contributed by atoms with van der Waals surface area (Å²) < 4.78 is 39.2. The molecule has 0 bridgehead atoms. The number of nitrogens with zero attached hydrogens (tertiary/aromatic N) is 2. The Morgan fingerprint density at radius 1 is 0.531 bits per heavy atom. The molecule has 0 spiro atoms. The molecule has 1 fully saturated rings. The average molecular weight is 523 g/mol. The van der Waals surface area contributed by atoms with Crippen LogP contribution in [0.3, 0.4) is 0 Å². The lowest BCUT2D eigenvalue weighted by Crippen LogP contribution is -2.88. The monoisotopic (exact) mass is 522 g/mol. The van der Waals surface area contributed by atoms with Crippen molar-refractivity contribution in [2.24, 2.45) is 0 Å². The molecule has 0 atom stereocenters. The van der Waals surface area contributed by atoms with Crippen LogP contribution in [0.2, 0.25) is 31.2 Å². The molecule has 32 heavy (non-hydrogen) atoms. The molecule has 1 saturated heterocycles. The minimum absolute atomic E-state index is 0.205. The molecule has 0 saturated carbocycles. The van der Waals surface area contributed by atoms with Gasteiger partial charge in [0.15, 0.2) is 0 Å². The van der Waals surface area contributed by atoms with E-state index in [9.17, 15) is 0 Å². The fourth-order valence-electron chi connectivity index (χ4n) is 5.30.